The first-order valence-corrected chi connectivity index (χ1v) is 8.40. The largest absolute Gasteiger partial charge is 0.478 e. The van der Waals surface area contributed by atoms with Gasteiger partial charge in [-0.05, 0) is 32.4 Å². The molecule has 8 heteroatoms. The maximum atomic E-state index is 11.7. The zero-order valence-corrected chi connectivity index (χ0v) is 14.4. The lowest BCUT2D eigenvalue weighted by molar-refractivity contribution is -0.137. The number of likely N-dealkylation sites (N-methyl/N-ethyl adjacent to an activating group) is 1. The van der Waals surface area contributed by atoms with Gasteiger partial charge in [0.15, 0.2) is 0 Å². The highest BCUT2D eigenvalue weighted by Crippen LogP contribution is 2.48. The lowest BCUT2D eigenvalue weighted by atomic mass is 9.80. The van der Waals surface area contributed by atoms with Gasteiger partial charge >= 0.3 is 11.9 Å². The van der Waals surface area contributed by atoms with Crippen molar-refractivity contribution in [2.45, 2.75) is 43.4 Å². The Morgan fingerprint density at radius 1 is 1.44 bits per heavy atom. The van der Waals surface area contributed by atoms with Crippen LogP contribution in [0, 0.1) is 0 Å². The Kier molecular flexibility index (Phi) is 4.71. The van der Waals surface area contributed by atoms with Crippen molar-refractivity contribution in [2.24, 2.45) is 0 Å². The number of hydrogen-bond acceptors (Lipinski definition) is 5. The number of hydrogen-bond donors (Lipinski definition) is 2. The second-order valence-electron chi connectivity index (χ2n) is 6.51. The van der Waals surface area contributed by atoms with Gasteiger partial charge in [0.2, 0.25) is 5.88 Å². The number of ether oxygens (including phenoxy) is 1. The van der Waals surface area contributed by atoms with Gasteiger partial charge in [0.05, 0.1) is 11.1 Å². The lowest BCUT2D eigenvalue weighted by Crippen LogP contribution is -2.55. The van der Waals surface area contributed by atoms with E-state index in [2.05, 4.69) is 4.98 Å². The molecule has 0 saturated carbocycles. The average Bonchev–Trinajstić information content (AvgIpc) is 2.72. The number of pyridine rings is 1. The highest BCUT2D eigenvalue weighted by Gasteiger charge is 2.54. The van der Waals surface area contributed by atoms with Crippen LogP contribution in [-0.2, 0) is 9.59 Å². The van der Waals surface area contributed by atoms with Gasteiger partial charge < -0.3 is 14.9 Å². The predicted octanol–water partition coefficient (Wildman–Crippen LogP) is 2.20. The molecule has 2 fully saturated rings. The standard InChI is InChI=1S/C17H19ClN2O5/c1-20-10-5-6-17(20,12(16(23)24)8-15(21)22)9-11(7-10)25-14-4-2-3-13(18)19-14/h2-4,8,10-11H,5-7,9H2,1H3,(H,21,22)(H,23,24)/b12-8-. The van der Waals surface area contributed by atoms with Gasteiger partial charge in [0, 0.05) is 24.6 Å². The van der Waals surface area contributed by atoms with Crippen molar-refractivity contribution in [1.82, 2.24) is 9.88 Å². The van der Waals surface area contributed by atoms with Gasteiger partial charge in [-0.3, -0.25) is 4.90 Å². The number of carboxylic acids is 2. The molecule has 3 atom stereocenters. The topological polar surface area (TPSA) is 100.0 Å². The van der Waals surface area contributed by atoms with E-state index in [0.717, 1.165) is 18.9 Å². The van der Waals surface area contributed by atoms with E-state index >= 15 is 0 Å². The van der Waals surface area contributed by atoms with Crippen molar-refractivity contribution in [3.63, 3.8) is 0 Å². The molecule has 0 spiro atoms. The number of halogens is 1. The number of fused-ring (bicyclic) bond motifs is 2. The molecule has 0 aliphatic carbocycles. The van der Waals surface area contributed by atoms with Gasteiger partial charge in [-0.25, -0.2) is 14.6 Å². The van der Waals surface area contributed by atoms with Crippen LogP contribution in [-0.4, -0.2) is 56.8 Å². The highest BCUT2D eigenvalue weighted by atomic mass is 35.5. The van der Waals surface area contributed by atoms with Crippen LogP contribution in [0.15, 0.2) is 29.8 Å². The summed E-state index contributed by atoms with van der Waals surface area (Å²) >= 11 is 5.88. The lowest BCUT2D eigenvalue weighted by Gasteiger charge is -2.45. The minimum absolute atomic E-state index is 0.0997. The third-order valence-electron chi connectivity index (χ3n) is 5.19. The maximum Gasteiger partial charge on any atom is 0.333 e. The van der Waals surface area contributed by atoms with Crippen molar-refractivity contribution in [1.29, 1.82) is 0 Å². The minimum atomic E-state index is -1.26. The fraction of sp³-hybridized carbons (Fsp3) is 0.471. The normalized spacial score (nSPS) is 29.4. The Morgan fingerprint density at radius 2 is 2.20 bits per heavy atom. The van der Waals surface area contributed by atoms with E-state index in [9.17, 15) is 14.7 Å². The Hall–Kier alpha value is -2.12. The van der Waals surface area contributed by atoms with Crippen LogP contribution in [0.2, 0.25) is 5.15 Å². The third-order valence-corrected chi connectivity index (χ3v) is 5.40. The number of carbonyl (C=O) groups is 2. The first kappa shape index (κ1) is 17.7. The number of aliphatic carboxylic acids is 2. The van der Waals surface area contributed by atoms with Gasteiger partial charge in [0.1, 0.15) is 11.3 Å². The van der Waals surface area contributed by atoms with Crippen molar-refractivity contribution < 1.29 is 24.5 Å². The molecule has 7 nitrogen and oxygen atoms in total. The van der Waals surface area contributed by atoms with E-state index in [0.29, 0.717) is 23.9 Å². The summed E-state index contributed by atoms with van der Waals surface area (Å²) in [5.41, 5.74) is -0.950. The summed E-state index contributed by atoms with van der Waals surface area (Å²) in [5.74, 6) is -2.09. The van der Waals surface area contributed by atoms with Crippen LogP contribution < -0.4 is 4.74 Å². The molecule has 2 saturated heterocycles. The second kappa shape index (κ2) is 6.65. The molecule has 2 aliphatic rings. The SMILES string of the molecule is CN1C2CCC1(/C(=C\C(=O)O)C(=O)O)CC(Oc1cccc(Cl)n1)C2. The molecule has 2 N–H and O–H groups in total. The van der Waals surface area contributed by atoms with Gasteiger partial charge in [-0.15, -0.1) is 0 Å². The first-order valence-electron chi connectivity index (χ1n) is 8.02. The van der Waals surface area contributed by atoms with Gasteiger partial charge in [0.25, 0.3) is 0 Å². The Bertz CT molecular complexity index is 738. The van der Waals surface area contributed by atoms with E-state index in [4.69, 9.17) is 21.4 Å². The van der Waals surface area contributed by atoms with Crippen LogP contribution in [0.4, 0.5) is 0 Å². The zero-order valence-electron chi connectivity index (χ0n) is 13.7. The molecule has 3 rings (SSSR count). The third kappa shape index (κ3) is 3.34. The van der Waals surface area contributed by atoms with Crippen molar-refractivity contribution in [3.8, 4) is 5.88 Å². The molecule has 25 heavy (non-hydrogen) atoms. The quantitative estimate of drug-likeness (QED) is 0.608. The molecule has 0 radical (unpaired) electrons. The summed E-state index contributed by atoms with van der Waals surface area (Å²) in [7, 11) is 1.85. The van der Waals surface area contributed by atoms with Crippen molar-refractivity contribution in [3.05, 3.63) is 35.0 Å². The fourth-order valence-electron chi connectivity index (χ4n) is 4.08. The fourth-order valence-corrected chi connectivity index (χ4v) is 4.24. The molecule has 3 unspecified atom stereocenters. The average molecular weight is 367 g/mol. The molecule has 0 amide bonds. The highest BCUT2D eigenvalue weighted by molar-refractivity contribution is 6.29. The molecular formula is C17H19ClN2O5. The predicted molar refractivity (Wildman–Crippen MR) is 89.8 cm³/mol. The molecule has 1 aromatic heterocycles. The molecular weight excluding hydrogens is 348 g/mol. The Morgan fingerprint density at radius 3 is 2.84 bits per heavy atom. The number of aromatic nitrogens is 1. The van der Waals surface area contributed by atoms with Crippen LogP contribution in [0.1, 0.15) is 25.7 Å². The molecule has 2 bridgehead atoms. The van der Waals surface area contributed by atoms with Gasteiger partial charge in [-0.2, -0.15) is 0 Å². The first-order chi connectivity index (χ1) is 11.8. The Labute approximate surface area is 149 Å². The molecule has 3 heterocycles. The minimum Gasteiger partial charge on any atom is -0.478 e. The monoisotopic (exact) mass is 366 g/mol. The van der Waals surface area contributed by atoms with Crippen molar-refractivity contribution in [2.75, 3.05) is 7.05 Å². The smallest absolute Gasteiger partial charge is 0.333 e. The number of carboxylic acid groups (broad SMARTS) is 2. The number of piperidine rings is 1. The molecule has 134 valence electrons. The van der Waals surface area contributed by atoms with Crippen LogP contribution >= 0.6 is 11.6 Å². The summed E-state index contributed by atoms with van der Waals surface area (Å²) in [6.45, 7) is 0. The summed E-state index contributed by atoms with van der Waals surface area (Å²) in [6, 6.07) is 5.21. The van der Waals surface area contributed by atoms with Crippen LogP contribution in [0.5, 0.6) is 5.88 Å². The molecule has 1 aromatic rings. The van der Waals surface area contributed by atoms with E-state index in [1.807, 2.05) is 11.9 Å². The zero-order chi connectivity index (χ0) is 18.2. The Balaban J connectivity index is 1.90. The van der Waals surface area contributed by atoms with Crippen molar-refractivity contribution >= 4 is 23.5 Å². The molecule has 2 aliphatic heterocycles. The number of nitrogens with zero attached hydrogens (tertiary/aromatic N) is 2. The second-order valence-corrected chi connectivity index (χ2v) is 6.90. The van der Waals surface area contributed by atoms with Crippen LogP contribution in [0.25, 0.3) is 0 Å². The van der Waals surface area contributed by atoms with E-state index < -0.39 is 17.5 Å². The van der Waals surface area contributed by atoms with E-state index in [1.54, 1.807) is 18.2 Å². The van der Waals surface area contributed by atoms with E-state index in [-0.39, 0.29) is 17.7 Å². The summed E-state index contributed by atoms with van der Waals surface area (Å²) < 4.78 is 5.94. The molecule has 0 aromatic carbocycles. The summed E-state index contributed by atoms with van der Waals surface area (Å²) in [4.78, 5) is 29.0. The number of rotatable bonds is 5. The summed E-state index contributed by atoms with van der Waals surface area (Å²) in [6.07, 6.45) is 3.05. The maximum absolute atomic E-state index is 11.7. The van der Waals surface area contributed by atoms with Gasteiger partial charge in [-0.1, -0.05) is 17.7 Å². The van der Waals surface area contributed by atoms with Crippen LogP contribution in [0.3, 0.4) is 0 Å². The van der Waals surface area contributed by atoms with E-state index in [1.165, 1.54) is 0 Å². The summed E-state index contributed by atoms with van der Waals surface area (Å²) in [5, 5.41) is 19.0.